The van der Waals surface area contributed by atoms with Gasteiger partial charge in [0.1, 0.15) is 5.01 Å². The maximum Gasteiger partial charge on any atom is 0.222 e. The quantitative estimate of drug-likeness (QED) is 0.843. The van der Waals surface area contributed by atoms with Gasteiger partial charge in [-0.05, 0) is 25.0 Å². The number of nitrogens with one attached hydrogen (secondary N) is 1. The highest BCUT2D eigenvalue weighted by molar-refractivity contribution is 7.18. The summed E-state index contributed by atoms with van der Waals surface area (Å²) in [6.45, 7) is 2.62. The average Bonchev–Trinajstić information content (AvgIpc) is 3.34. The van der Waals surface area contributed by atoms with Gasteiger partial charge in [0.2, 0.25) is 11.8 Å². The highest BCUT2D eigenvalue weighted by Gasteiger charge is 2.33. The van der Waals surface area contributed by atoms with Crippen LogP contribution in [0.4, 0.5) is 0 Å². The first-order chi connectivity index (χ1) is 12.7. The summed E-state index contributed by atoms with van der Waals surface area (Å²) < 4.78 is 6.78. The number of ether oxygens (including phenoxy) is 1. The zero-order valence-corrected chi connectivity index (χ0v) is 15.5. The lowest BCUT2D eigenvalue weighted by atomic mass is 10.0. The van der Waals surface area contributed by atoms with Crippen LogP contribution >= 0.6 is 11.3 Å². The number of carbonyl (C=O) groups is 2. The molecule has 0 spiro atoms. The van der Waals surface area contributed by atoms with Crippen LogP contribution in [0.2, 0.25) is 0 Å². The molecule has 26 heavy (non-hydrogen) atoms. The molecule has 1 N–H and O–H groups in total. The number of rotatable bonds is 6. The van der Waals surface area contributed by atoms with Crippen molar-refractivity contribution < 1.29 is 14.3 Å². The lowest BCUT2D eigenvalue weighted by molar-refractivity contribution is -0.128. The molecule has 1 aromatic heterocycles. The molecule has 2 amide bonds. The van der Waals surface area contributed by atoms with Gasteiger partial charge >= 0.3 is 0 Å². The van der Waals surface area contributed by atoms with Gasteiger partial charge in [0, 0.05) is 25.9 Å². The van der Waals surface area contributed by atoms with Gasteiger partial charge < -0.3 is 15.0 Å². The summed E-state index contributed by atoms with van der Waals surface area (Å²) in [7, 11) is 0. The second kappa shape index (κ2) is 7.72. The van der Waals surface area contributed by atoms with Crippen LogP contribution in [0.1, 0.15) is 36.6 Å². The standard InChI is InChI=1S/C19H23N3O3S/c23-17(7-3-9-22-10-4-8-18(22)24)20-15-12-25-11-13(15)19-21-14-5-1-2-6-16(14)26-19/h1-2,5-6,13,15H,3-4,7-12H2,(H,20,23). The summed E-state index contributed by atoms with van der Waals surface area (Å²) in [5.41, 5.74) is 1.000. The number of thiazole rings is 1. The minimum Gasteiger partial charge on any atom is -0.378 e. The van der Waals surface area contributed by atoms with E-state index in [1.807, 2.05) is 23.1 Å². The van der Waals surface area contributed by atoms with Crippen LogP contribution in [-0.4, -0.2) is 54.0 Å². The Hall–Kier alpha value is -1.99. The van der Waals surface area contributed by atoms with Gasteiger partial charge in [0.25, 0.3) is 0 Å². The third kappa shape index (κ3) is 3.73. The first-order valence-electron chi connectivity index (χ1n) is 9.21. The second-order valence-electron chi connectivity index (χ2n) is 6.93. The smallest absolute Gasteiger partial charge is 0.222 e. The molecule has 2 atom stereocenters. The molecule has 2 aromatic rings. The zero-order valence-electron chi connectivity index (χ0n) is 14.6. The molecule has 2 aliphatic heterocycles. The van der Waals surface area contributed by atoms with E-state index in [9.17, 15) is 9.59 Å². The average molecular weight is 373 g/mol. The van der Waals surface area contributed by atoms with E-state index in [0.29, 0.717) is 39.0 Å². The molecule has 0 saturated carbocycles. The van der Waals surface area contributed by atoms with Gasteiger partial charge in [-0.2, -0.15) is 0 Å². The fraction of sp³-hybridized carbons (Fsp3) is 0.526. The molecule has 4 rings (SSSR count). The minimum atomic E-state index is -0.0310. The molecular weight excluding hydrogens is 350 g/mol. The molecule has 2 fully saturated rings. The number of para-hydroxylation sites is 1. The normalized spacial score (nSPS) is 23.1. The van der Waals surface area contributed by atoms with E-state index in [1.165, 1.54) is 0 Å². The van der Waals surface area contributed by atoms with Crippen molar-refractivity contribution >= 4 is 33.4 Å². The third-order valence-electron chi connectivity index (χ3n) is 5.06. The number of fused-ring (bicyclic) bond motifs is 1. The van der Waals surface area contributed by atoms with Gasteiger partial charge in [0.05, 0.1) is 35.4 Å². The van der Waals surface area contributed by atoms with E-state index in [2.05, 4.69) is 11.4 Å². The van der Waals surface area contributed by atoms with Gasteiger partial charge in [-0.1, -0.05) is 12.1 Å². The molecule has 138 valence electrons. The lowest BCUT2D eigenvalue weighted by Gasteiger charge is -2.18. The Morgan fingerprint density at radius 3 is 3.04 bits per heavy atom. The topological polar surface area (TPSA) is 71.5 Å². The van der Waals surface area contributed by atoms with Crippen molar-refractivity contribution in [2.45, 2.75) is 37.6 Å². The van der Waals surface area contributed by atoms with Crippen molar-refractivity contribution in [3.63, 3.8) is 0 Å². The molecular formula is C19H23N3O3S. The van der Waals surface area contributed by atoms with Crippen LogP contribution < -0.4 is 5.32 Å². The molecule has 0 bridgehead atoms. The molecule has 1 aromatic carbocycles. The number of carbonyl (C=O) groups excluding carboxylic acids is 2. The van der Waals surface area contributed by atoms with Crippen molar-refractivity contribution in [3.05, 3.63) is 29.3 Å². The summed E-state index contributed by atoms with van der Waals surface area (Å²) in [4.78, 5) is 30.5. The summed E-state index contributed by atoms with van der Waals surface area (Å²) in [6, 6.07) is 8.05. The molecule has 2 saturated heterocycles. The number of amides is 2. The van der Waals surface area contributed by atoms with Gasteiger partial charge in [0.15, 0.2) is 0 Å². The monoisotopic (exact) mass is 373 g/mol. The number of benzene rings is 1. The van der Waals surface area contributed by atoms with E-state index in [4.69, 9.17) is 9.72 Å². The summed E-state index contributed by atoms with van der Waals surface area (Å²) >= 11 is 1.67. The van der Waals surface area contributed by atoms with E-state index in [0.717, 1.165) is 28.2 Å². The Morgan fingerprint density at radius 1 is 1.35 bits per heavy atom. The molecule has 6 nitrogen and oxygen atoms in total. The van der Waals surface area contributed by atoms with Crippen molar-refractivity contribution in [1.82, 2.24) is 15.2 Å². The van der Waals surface area contributed by atoms with E-state index in [-0.39, 0.29) is 23.8 Å². The predicted molar refractivity (Wildman–Crippen MR) is 100 cm³/mol. The Morgan fingerprint density at radius 2 is 2.23 bits per heavy atom. The molecule has 0 radical (unpaired) electrons. The van der Waals surface area contributed by atoms with Crippen LogP contribution in [0.5, 0.6) is 0 Å². The first kappa shape index (κ1) is 17.4. The Balaban J connectivity index is 1.31. The van der Waals surface area contributed by atoms with Gasteiger partial charge in [-0.25, -0.2) is 4.98 Å². The Bertz CT molecular complexity index is 773. The van der Waals surface area contributed by atoms with E-state index in [1.54, 1.807) is 11.3 Å². The van der Waals surface area contributed by atoms with Crippen LogP contribution in [0.3, 0.4) is 0 Å². The maximum absolute atomic E-state index is 12.3. The first-order valence-corrected chi connectivity index (χ1v) is 10.0. The van der Waals surface area contributed by atoms with Crippen molar-refractivity contribution in [2.75, 3.05) is 26.3 Å². The number of nitrogens with zero attached hydrogens (tertiary/aromatic N) is 2. The summed E-state index contributed by atoms with van der Waals surface area (Å²) in [5, 5.41) is 4.13. The van der Waals surface area contributed by atoms with Crippen molar-refractivity contribution in [2.24, 2.45) is 0 Å². The summed E-state index contributed by atoms with van der Waals surface area (Å²) in [5.74, 6) is 0.347. The van der Waals surface area contributed by atoms with Gasteiger partial charge in [-0.15, -0.1) is 11.3 Å². The fourth-order valence-corrected chi connectivity index (χ4v) is 4.76. The SMILES string of the molecule is O=C(CCCN1CCCC1=O)NC1COCC1c1nc2ccccc2s1. The van der Waals surface area contributed by atoms with Crippen molar-refractivity contribution in [1.29, 1.82) is 0 Å². The molecule has 2 aliphatic rings. The van der Waals surface area contributed by atoms with E-state index >= 15 is 0 Å². The second-order valence-corrected chi connectivity index (χ2v) is 7.99. The predicted octanol–water partition coefficient (Wildman–Crippen LogP) is 2.30. The Kier molecular flexibility index (Phi) is 5.17. The number of likely N-dealkylation sites (tertiary alicyclic amines) is 1. The number of hydrogen-bond donors (Lipinski definition) is 1. The van der Waals surface area contributed by atoms with Gasteiger partial charge in [-0.3, -0.25) is 9.59 Å². The summed E-state index contributed by atoms with van der Waals surface area (Å²) in [6.07, 6.45) is 2.73. The zero-order chi connectivity index (χ0) is 17.9. The third-order valence-corrected chi connectivity index (χ3v) is 6.23. The molecule has 7 heteroatoms. The highest BCUT2D eigenvalue weighted by Crippen LogP contribution is 2.32. The minimum absolute atomic E-state index is 0.0262. The fourth-order valence-electron chi connectivity index (χ4n) is 3.64. The molecule has 2 unspecified atom stereocenters. The molecule has 0 aliphatic carbocycles. The van der Waals surface area contributed by atoms with E-state index < -0.39 is 0 Å². The van der Waals surface area contributed by atoms with Crippen LogP contribution in [0.25, 0.3) is 10.2 Å². The highest BCUT2D eigenvalue weighted by atomic mass is 32.1. The number of aromatic nitrogens is 1. The van der Waals surface area contributed by atoms with Crippen LogP contribution in [0.15, 0.2) is 24.3 Å². The number of hydrogen-bond acceptors (Lipinski definition) is 5. The lowest BCUT2D eigenvalue weighted by Crippen LogP contribution is -2.39. The maximum atomic E-state index is 12.3. The van der Waals surface area contributed by atoms with Crippen LogP contribution in [0, 0.1) is 0 Å². The largest absolute Gasteiger partial charge is 0.378 e. The Labute approximate surface area is 156 Å². The molecule has 3 heterocycles. The van der Waals surface area contributed by atoms with Crippen molar-refractivity contribution in [3.8, 4) is 0 Å². The van der Waals surface area contributed by atoms with Crippen LogP contribution in [-0.2, 0) is 14.3 Å².